The highest BCUT2D eigenvalue weighted by Crippen LogP contribution is 2.32. The quantitative estimate of drug-likeness (QED) is 0.440. The molecule has 0 bridgehead atoms. The molecular formula is C12H18OSi. The number of ketones is 1. The van der Waals surface area contributed by atoms with E-state index in [1.807, 2.05) is 19.9 Å². The molecule has 1 nitrogen and oxygen atoms in total. The molecule has 0 N–H and O–H groups in total. The number of allylic oxidation sites excluding steroid dienone is 2. The van der Waals surface area contributed by atoms with E-state index in [0.29, 0.717) is 0 Å². The van der Waals surface area contributed by atoms with Crippen LogP contribution in [-0.2, 0) is 4.79 Å². The summed E-state index contributed by atoms with van der Waals surface area (Å²) in [6, 6.07) is 0. The van der Waals surface area contributed by atoms with Gasteiger partial charge in [-0.15, -0.1) is 5.54 Å². The van der Waals surface area contributed by atoms with E-state index in [1.165, 1.54) is 0 Å². The van der Waals surface area contributed by atoms with Gasteiger partial charge in [0.05, 0.1) is 5.57 Å². The first-order chi connectivity index (χ1) is 6.22. The number of carbonyl (C=O) groups is 1. The van der Waals surface area contributed by atoms with E-state index in [4.69, 9.17) is 0 Å². The van der Waals surface area contributed by atoms with Crippen molar-refractivity contribution >= 4 is 13.9 Å². The van der Waals surface area contributed by atoms with Crippen molar-refractivity contribution in [2.45, 2.75) is 39.9 Å². The summed E-state index contributed by atoms with van der Waals surface area (Å²) < 4.78 is 0. The summed E-state index contributed by atoms with van der Waals surface area (Å²) in [5, 5.41) is 0. The third-order valence-electron chi connectivity index (χ3n) is 2.25. The molecule has 0 heterocycles. The first kappa shape index (κ1) is 11.3. The van der Waals surface area contributed by atoms with Gasteiger partial charge in [0.25, 0.3) is 0 Å². The zero-order chi connectivity index (χ0) is 11.0. The van der Waals surface area contributed by atoms with Crippen molar-refractivity contribution in [2.24, 2.45) is 5.41 Å². The molecule has 1 rings (SSSR count). The third-order valence-corrected chi connectivity index (χ3v) is 3.12. The van der Waals surface area contributed by atoms with Gasteiger partial charge in [-0.05, 0) is 6.42 Å². The maximum absolute atomic E-state index is 11.8. The van der Waals surface area contributed by atoms with Crippen molar-refractivity contribution < 1.29 is 4.79 Å². The summed E-state index contributed by atoms with van der Waals surface area (Å²) in [4.78, 5) is 11.8. The average Bonchev–Trinajstić information content (AvgIpc) is 2.24. The first-order valence-electron chi connectivity index (χ1n) is 5.00. The molecule has 0 aromatic heterocycles. The van der Waals surface area contributed by atoms with Gasteiger partial charge in [-0.25, -0.2) is 0 Å². The molecule has 0 amide bonds. The summed E-state index contributed by atoms with van der Waals surface area (Å²) >= 11 is 0. The minimum absolute atomic E-state index is 0.211. The minimum atomic E-state index is -1.35. The van der Waals surface area contributed by atoms with Crippen LogP contribution >= 0.6 is 0 Å². The van der Waals surface area contributed by atoms with Crippen molar-refractivity contribution in [3.05, 3.63) is 11.6 Å². The van der Waals surface area contributed by atoms with Crippen molar-refractivity contribution in [3.8, 4) is 11.5 Å². The maximum Gasteiger partial charge on any atom is 0.176 e. The van der Waals surface area contributed by atoms with Crippen LogP contribution in [0.5, 0.6) is 0 Å². The molecule has 0 aromatic carbocycles. The Balaban J connectivity index is 2.84. The summed E-state index contributed by atoms with van der Waals surface area (Å²) in [5.74, 6) is 3.26. The largest absolute Gasteiger partial charge is 0.293 e. The van der Waals surface area contributed by atoms with E-state index in [-0.39, 0.29) is 11.2 Å². The number of carbonyl (C=O) groups excluding carboxylic acids is 1. The Hall–Kier alpha value is -0.813. The van der Waals surface area contributed by atoms with Crippen molar-refractivity contribution in [1.29, 1.82) is 0 Å². The lowest BCUT2D eigenvalue weighted by molar-refractivity contribution is -0.121. The van der Waals surface area contributed by atoms with Crippen LogP contribution in [0.2, 0.25) is 19.6 Å². The van der Waals surface area contributed by atoms with E-state index in [1.54, 1.807) is 0 Å². The van der Waals surface area contributed by atoms with Gasteiger partial charge in [-0.2, -0.15) is 0 Å². The lowest BCUT2D eigenvalue weighted by Gasteiger charge is -2.13. The summed E-state index contributed by atoms with van der Waals surface area (Å²) in [5.41, 5.74) is 3.75. The Morgan fingerprint density at radius 3 is 2.29 bits per heavy atom. The Labute approximate surface area is 87.6 Å². The second kappa shape index (κ2) is 3.40. The van der Waals surface area contributed by atoms with Crippen LogP contribution in [0.1, 0.15) is 20.3 Å². The van der Waals surface area contributed by atoms with E-state index >= 15 is 0 Å². The molecule has 2 heteroatoms. The SMILES string of the molecule is CC1(C)CC=C(C#C[Si](C)(C)C)C1=O. The first-order valence-corrected chi connectivity index (χ1v) is 8.50. The summed E-state index contributed by atoms with van der Waals surface area (Å²) in [6.07, 6.45) is 2.82. The smallest absolute Gasteiger partial charge is 0.176 e. The van der Waals surface area contributed by atoms with Gasteiger partial charge in [0.15, 0.2) is 5.78 Å². The summed E-state index contributed by atoms with van der Waals surface area (Å²) in [6.45, 7) is 10.5. The highest BCUT2D eigenvalue weighted by Gasteiger charge is 2.33. The predicted octanol–water partition coefficient (Wildman–Crippen LogP) is 2.79. The van der Waals surface area contributed by atoms with Crippen LogP contribution in [0.15, 0.2) is 11.6 Å². The summed E-state index contributed by atoms with van der Waals surface area (Å²) in [7, 11) is -1.35. The lowest BCUT2D eigenvalue weighted by atomic mass is 9.88. The fourth-order valence-corrected chi connectivity index (χ4v) is 1.78. The van der Waals surface area contributed by atoms with E-state index < -0.39 is 8.07 Å². The van der Waals surface area contributed by atoms with Gasteiger partial charge >= 0.3 is 0 Å². The molecule has 0 atom stereocenters. The monoisotopic (exact) mass is 206 g/mol. The number of hydrogen-bond donors (Lipinski definition) is 0. The minimum Gasteiger partial charge on any atom is -0.293 e. The second-order valence-electron chi connectivity index (χ2n) is 5.53. The fourth-order valence-electron chi connectivity index (χ4n) is 1.27. The van der Waals surface area contributed by atoms with Crippen LogP contribution < -0.4 is 0 Å². The molecule has 0 aliphatic heterocycles. The zero-order valence-corrected chi connectivity index (χ0v) is 10.7. The van der Waals surface area contributed by atoms with Gasteiger partial charge < -0.3 is 0 Å². The number of Topliss-reactive ketones (excluding diaryl/α,β-unsaturated/α-hetero) is 1. The molecule has 0 fully saturated rings. The Morgan fingerprint density at radius 2 is 1.93 bits per heavy atom. The van der Waals surface area contributed by atoms with Gasteiger partial charge in [-0.3, -0.25) is 4.79 Å². The van der Waals surface area contributed by atoms with Crippen molar-refractivity contribution in [3.63, 3.8) is 0 Å². The van der Waals surface area contributed by atoms with Gasteiger partial charge in [-0.1, -0.05) is 45.5 Å². The lowest BCUT2D eigenvalue weighted by Crippen LogP contribution is -2.20. The zero-order valence-electron chi connectivity index (χ0n) is 9.69. The molecule has 76 valence electrons. The molecule has 0 radical (unpaired) electrons. The standard InChI is InChI=1S/C12H18OSi/c1-12(2)8-6-10(11(12)13)7-9-14(3,4)5/h6H,8H2,1-5H3. The molecule has 0 spiro atoms. The molecule has 0 saturated carbocycles. The Bertz CT molecular complexity index is 345. The molecule has 1 aliphatic carbocycles. The molecule has 0 aromatic rings. The normalized spacial score (nSPS) is 20.1. The number of hydrogen-bond acceptors (Lipinski definition) is 1. The molecular weight excluding hydrogens is 188 g/mol. The van der Waals surface area contributed by atoms with Gasteiger partial charge in [0, 0.05) is 5.41 Å². The Kier molecular flexibility index (Phi) is 2.73. The van der Waals surface area contributed by atoms with Crippen LogP contribution in [0.4, 0.5) is 0 Å². The topological polar surface area (TPSA) is 17.1 Å². The predicted molar refractivity (Wildman–Crippen MR) is 62.6 cm³/mol. The third kappa shape index (κ3) is 2.59. The van der Waals surface area contributed by atoms with Crippen LogP contribution in [-0.4, -0.2) is 13.9 Å². The van der Waals surface area contributed by atoms with Gasteiger partial charge in [0.1, 0.15) is 8.07 Å². The number of rotatable bonds is 0. The molecule has 0 saturated heterocycles. The molecule has 0 unspecified atom stereocenters. The maximum atomic E-state index is 11.8. The van der Waals surface area contributed by atoms with Crippen molar-refractivity contribution in [2.75, 3.05) is 0 Å². The average molecular weight is 206 g/mol. The fraction of sp³-hybridized carbons (Fsp3) is 0.583. The molecule has 14 heavy (non-hydrogen) atoms. The Morgan fingerprint density at radius 1 is 1.36 bits per heavy atom. The van der Waals surface area contributed by atoms with Crippen LogP contribution in [0.25, 0.3) is 0 Å². The van der Waals surface area contributed by atoms with Crippen molar-refractivity contribution in [1.82, 2.24) is 0 Å². The van der Waals surface area contributed by atoms with E-state index in [0.717, 1.165) is 12.0 Å². The van der Waals surface area contributed by atoms with Gasteiger partial charge in [0.2, 0.25) is 0 Å². The highest BCUT2D eigenvalue weighted by molar-refractivity contribution is 6.83. The van der Waals surface area contributed by atoms with Crippen LogP contribution in [0, 0.1) is 16.9 Å². The second-order valence-corrected chi connectivity index (χ2v) is 10.3. The molecule has 1 aliphatic rings. The van der Waals surface area contributed by atoms with E-state index in [9.17, 15) is 4.79 Å². The van der Waals surface area contributed by atoms with E-state index in [2.05, 4.69) is 31.1 Å². The highest BCUT2D eigenvalue weighted by atomic mass is 28.3. The van der Waals surface area contributed by atoms with Crippen LogP contribution in [0.3, 0.4) is 0 Å².